The van der Waals surface area contributed by atoms with Crippen molar-refractivity contribution in [2.45, 2.75) is 37.0 Å². The van der Waals surface area contributed by atoms with Gasteiger partial charge in [0.2, 0.25) is 0 Å². The van der Waals surface area contributed by atoms with E-state index in [1.807, 2.05) is 7.05 Å². The van der Waals surface area contributed by atoms with E-state index in [9.17, 15) is 0 Å². The molecule has 0 spiro atoms. The molecule has 2 heterocycles. The Bertz CT molecular complexity index is 405. The largest absolute Gasteiger partial charge is 0.379 e. The molecule has 1 fully saturated rings. The minimum Gasteiger partial charge on any atom is -0.379 e. The molecule has 1 saturated heterocycles. The first-order valence-electron chi connectivity index (χ1n) is 5.92. The van der Waals surface area contributed by atoms with E-state index >= 15 is 0 Å². The molecule has 94 valence electrons. The fourth-order valence-electron chi connectivity index (χ4n) is 1.57. The number of rotatable bonds is 4. The van der Waals surface area contributed by atoms with E-state index < -0.39 is 0 Å². The molecule has 0 bridgehead atoms. The highest BCUT2D eigenvalue weighted by molar-refractivity contribution is 8.00. The maximum Gasteiger partial charge on any atom is 0.134 e. The summed E-state index contributed by atoms with van der Waals surface area (Å²) in [5, 5.41) is 4.78. The van der Waals surface area contributed by atoms with Crippen molar-refractivity contribution in [2.75, 3.05) is 25.6 Å². The second-order valence-electron chi connectivity index (χ2n) is 4.54. The van der Waals surface area contributed by atoms with Gasteiger partial charge in [0, 0.05) is 18.5 Å². The molecule has 1 aliphatic rings. The number of nitrogens with zero attached hydrogens (tertiary/aromatic N) is 2. The predicted octanol–water partition coefficient (Wildman–Crippen LogP) is 2.44. The van der Waals surface area contributed by atoms with Gasteiger partial charge in [0.25, 0.3) is 0 Å². The summed E-state index contributed by atoms with van der Waals surface area (Å²) in [4.78, 5) is 9.19. The highest BCUT2D eigenvalue weighted by Crippen LogP contribution is 2.32. The number of hydrogen-bond acceptors (Lipinski definition) is 5. The van der Waals surface area contributed by atoms with Crippen molar-refractivity contribution >= 4 is 17.6 Å². The molecule has 1 aliphatic heterocycles. The van der Waals surface area contributed by atoms with Crippen LogP contribution in [0.3, 0.4) is 0 Å². The van der Waals surface area contributed by atoms with Gasteiger partial charge in [-0.05, 0) is 6.92 Å². The molecule has 0 radical (unpaired) electrons. The van der Waals surface area contributed by atoms with Crippen molar-refractivity contribution in [1.82, 2.24) is 9.97 Å². The van der Waals surface area contributed by atoms with Crippen LogP contribution < -0.4 is 5.32 Å². The van der Waals surface area contributed by atoms with Crippen LogP contribution in [0.2, 0.25) is 0 Å². The standard InChI is InChI=1S/C12H19N3OS/c1-7(2)10-14-11(13-4)8(3)12(15-10)17-9-5-16-6-9/h7,9H,5-6H2,1-4H3,(H,13,14,15). The number of aromatic nitrogens is 2. The van der Waals surface area contributed by atoms with Crippen molar-refractivity contribution in [1.29, 1.82) is 0 Å². The van der Waals surface area contributed by atoms with Gasteiger partial charge in [-0.15, -0.1) is 0 Å². The minimum absolute atomic E-state index is 0.347. The monoisotopic (exact) mass is 253 g/mol. The second-order valence-corrected chi connectivity index (χ2v) is 5.83. The fourth-order valence-corrected chi connectivity index (χ4v) is 2.63. The average molecular weight is 253 g/mol. The van der Waals surface area contributed by atoms with Gasteiger partial charge >= 0.3 is 0 Å². The molecule has 0 amide bonds. The molecule has 0 atom stereocenters. The summed E-state index contributed by atoms with van der Waals surface area (Å²) in [6, 6.07) is 0. The molecule has 4 nitrogen and oxygen atoms in total. The van der Waals surface area contributed by atoms with E-state index in [1.54, 1.807) is 11.8 Å². The van der Waals surface area contributed by atoms with E-state index in [4.69, 9.17) is 4.74 Å². The quantitative estimate of drug-likeness (QED) is 0.835. The predicted molar refractivity (Wildman–Crippen MR) is 70.9 cm³/mol. The lowest BCUT2D eigenvalue weighted by Gasteiger charge is -2.25. The first-order valence-corrected chi connectivity index (χ1v) is 6.80. The van der Waals surface area contributed by atoms with Crippen LogP contribution in [0.25, 0.3) is 0 Å². The number of hydrogen-bond donors (Lipinski definition) is 1. The third kappa shape index (κ3) is 2.72. The van der Waals surface area contributed by atoms with Crippen LogP contribution in [-0.2, 0) is 4.74 Å². The Morgan fingerprint density at radius 1 is 1.35 bits per heavy atom. The molecular formula is C12H19N3OS. The summed E-state index contributed by atoms with van der Waals surface area (Å²) in [7, 11) is 1.90. The van der Waals surface area contributed by atoms with Gasteiger partial charge in [-0.25, -0.2) is 9.97 Å². The van der Waals surface area contributed by atoms with Crippen LogP contribution in [0.4, 0.5) is 5.82 Å². The van der Waals surface area contributed by atoms with Crippen LogP contribution in [-0.4, -0.2) is 35.5 Å². The highest BCUT2D eigenvalue weighted by Gasteiger charge is 2.23. The summed E-state index contributed by atoms with van der Waals surface area (Å²) in [5.41, 5.74) is 1.13. The zero-order valence-electron chi connectivity index (χ0n) is 10.8. The summed E-state index contributed by atoms with van der Waals surface area (Å²) in [5.74, 6) is 2.19. The smallest absolute Gasteiger partial charge is 0.134 e. The number of anilines is 1. The molecular weight excluding hydrogens is 234 g/mol. The van der Waals surface area contributed by atoms with Crippen LogP contribution in [0, 0.1) is 6.92 Å². The van der Waals surface area contributed by atoms with E-state index in [-0.39, 0.29) is 0 Å². The Hall–Kier alpha value is -0.810. The fraction of sp³-hybridized carbons (Fsp3) is 0.667. The maximum atomic E-state index is 5.20. The first kappa shape index (κ1) is 12.6. The second kappa shape index (κ2) is 5.23. The molecule has 1 aromatic heterocycles. The SMILES string of the molecule is CNc1nc(C(C)C)nc(SC2COC2)c1C. The summed E-state index contributed by atoms with van der Waals surface area (Å²) >= 11 is 1.80. The molecule has 0 aromatic carbocycles. The Balaban J connectivity index is 2.30. The van der Waals surface area contributed by atoms with Crippen LogP contribution in [0.1, 0.15) is 31.2 Å². The maximum absolute atomic E-state index is 5.20. The van der Waals surface area contributed by atoms with Gasteiger partial charge in [-0.2, -0.15) is 0 Å². The Kier molecular flexibility index (Phi) is 3.89. The molecule has 5 heteroatoms. The third-order valence-corrected chi connectivity index (χ3v) is 3.98. The lowest BCUT2D eigenvalue weighted by Crippen LogP contribution is -2.30. The number of nitrogens with one attached hydrogen (secondary N) is 1. The summed E-state index contributed by atoms with van der Waals surface area (Å²) in [6.07, 6.45) is 0. The van der Waals surface area contributed by atoms with Gasteiger partial charge in [0.05, 0.1) is 18.5 Å². The molecule has 1 N–H and O–H groups in total. The van der Waals surface area contributed by atoms with Crippen LogP contribution >= 0.6 is 11.8 Å². The average Bonchev–Trinajstić information content (AvgIpc) is 2.24. The highest BCUT2D eigenvalue weighted by atomic mass is 32.2. The van der Waals surface area contributed by atoms with Crippen LogP contribution in [0.5, 0.6) is 0 Å². The zero-order valence-corrected chi connectivity index (χ0v) is 11.6. The Labute approximate surface area is 107 Å². The van der Waals surface area contributed by atoms with E-state index in [2.05, 4.69) is 36.1 Å². The molecule has 17 heavy (non-hydrogen) atoms. The van der Waals surface area contributed by atoms with Gasteiger partial charge in [-0.1, -0.05) is 25.6 Å². The Morgan fingerprint density at radius 2 is 2.06 bits per heavy atom. The minimum atomic E-state index is 0.347. The lowest BCUT2D eigenvalue weighted by atomic mass is 10.2. The Morgan fingerprint density at radius 3 is 2.53 bits per heavy atom. The third-order valence-electron chi connectivity index (χ3n) is 2.76. The topological polar surface area (TPSA) is 47.0 Å². The molecule has 1 aromatic rings. The lowest BCUT2D eigenvalue weighted by molar-refractivity contribution is 0.0454. The molecule has 0 aliphatic carbocycles. The van der Waals surface area contributed by atoms with Crippen molar-refractivity contribution in [3.05, 3.63) is 11.4 Å². The zero-order chi connectivity index (χ0) is 12.4. The van der Waals surface area contributed by atoms with Crippen molar-refractivity contribution in [2.24, 2.45) is 0 Å². The molecule has 0 saturated carbocycles. The van der Waals surface area contributed by atoms with Crippen molar-refractivity contribution < 1.29 is 4.74 Å². The van der Waals surface area contributed by atoms with E-state index in [1.165, 1.54) is 0 Å². The molecule has 0 unspecified atom stereocenters. The first-order chi connectivity index (χ1) is 8.11. The molecule has 2 rings (SSSR count). The normalized spacial score (nSPS) is 16.1. The van der Waals surface area contributed by atoms with Crippen molar-refractivity contribution in [3.8, 4) is 0 Å². The van der Waals surface area contributed by atoms with Gasteiger partial charge in [-0.3, -0.25) is 0 Å². The van der Waals surface area contributed by atoms with Gasteiger partial charge in [0.1, 0.15) is 16.7 Å². The van der Waals surface area contributed by atoms with Gasteiger partial charge < -0.3 is 10.1 Å². The van der Waals surface area contributed by atoms with Crippen molar-refractivity contribution in [3.63, 3.8) is 0 Å². The number of ether oxygens (including phenoxy) is 1. The summed E-state index contributed by atoms with van der Waals surface area (Å²) in [6.45, 7) is 7.97. The van der Waals surface area contributed by atoms with Gasteiger partial charge in [0.15, 0.2) is 0 Å². The van der Waals surface area contributed by atoms with E-state index in [0.29, 0.717) is 11.2 Å². The van der Waals surface area contributed by atoms with E-state index in [0.717, 1.165) is 35.4 Å². The number of thioether (sulfide) groups is 1. The summed E-state index contributed by atoms with van der Waals surface area (Å²) < 4.78 is 5.20. The van der Waals surface area contributed by atoms with Crippen LogP contribution in [0.15, 0.2) is 5.03 Å².